The molecule has 2 N–H and O–H groups in total. The third-order valence-electron chi connectivity index (χ3n) is 6.02. The number of nitrogens with one attached hydrogen (secondary N) is 2. The predicted molar refractivity (Wildman–Crippen MR) is 133 cm³/mol. The normalized spacial score (nSPS) is 17.8. The van der Waals surface area contributed by atoms with Crippen LogP contribution in [-0.2, 0) is 16.1 Å². The molecule has 33 heavy (non-hydrogen) atoms. The van der Waals surface area contributed by atoms with Crippen molar-refractivity contribution in [3.8, 4) is 0 Å². The summed E-state index contributed by atoms with van der Waals surface area (Å²) >= 11 is 5.71. The first-order valence-electron chi connectivity index (χ1n) is 11.0. The highest BCUT2D eigenvalue weighted by molar-refractivity contribution is 7.80. The standard InChI is InChI=1S/C25H29N5O2S/c1-17-15-20(18(2)29(17)13-14-32-3)24-23(21-11-7-8-12-26-21)28-25(33)30(24)16-22(31)27-19-9-5-4-6-10-19/h4-12,15,23-24H,13-14,16H2,1-3H3,(H,27,31)(H,28,33)/t23-,24+/m1/s1. The predicted octanol–water partition coefficient (Wildman–Crippen LogP) is 3.76. The summed E-state index contributed by atoms with van der Waals surface area (Å²) in [7, 11) is 1.71. The van der Waals surface area contributed by atoms with Crippen molar-refractivity contribution in [2.45, 2.75) is 32.5 Å². The number of aryl methyl sites for hydroxylation is 1. The van der Waals surface area contributed by atoms with Gasteiger partial charge in [-0.05, 0) is 62.0 Å². The average molecular weight is 464 g/mol. The van der Waals surface area contributed by atoms with E-state index in [4.69, 9.17) is 17.0 Å². The van der Waals surface area contributed by atoms with Gasteiger partial charge in [-0.15, -0.1) is 0 Å². The molecule has 172 valence electrons. The number of methoxy groups -OCH3 is 1. The number of nitrogens with zero attached hydrogens (tertiary/aromatic N) is 3. The number of benzene rings is 1. The van der Waals surface area contributed by atoms with Gasteiger partial charge in [-0.25, -0.2) is 0 Å². The number of thiocarbonyl (C=S) groups is 1. The lowest BCUT2D eigenvalue weighted by Gasteiger charge is -2.27. The Morgan fingerprint density at radius 3 is 2.64 bits per heavy atom. The lowest BCUT2D eigenvalue weighted by Crippen LogP contribution is -2.37. The second-order valence-electron chi connectivity index (χ2n) is 8.14. The van der Waals surface area contributed by atoms with E-state index in [9.17, 15) is 4.79 Å². The number of amides is 1. The maximum Gasteiger partial charge on any atom is 0.244 e. The van der Waals surface area contributed by atoms with Gasteiger partial charge >= 0.3 is 0 Å². The van der Waals surface area contributed by atoms with Crippen LogP contribution in [0.4, 0.5) is 5.69 Å². The third-order valence-corrected chi connectivity index (χ3v) is 6.37. The molecular weight excluding hydrogens is 434 g/mol. The number of carbonyl (C=O) groups is 1. The molecule has 1 aromatic carbocycles. The minimum absolute atomic E-state index is 0.120. The zero-order valence-corrected chi connectivity index (χ0v) is 19.9. The van der Waals surface area contributed by atoms with Crippen LogP contribution in [0.3, 0.4) is 0 Å². The molecule has 0 bridgehead atoms. The molecule has 1 amide bonds. The van der Waals surface area contributed by atoms with E-state index in [-0.39, 0.29) is 24.5 Å². The van der Waals surface area contributed by atoms with Gasteiger partial charge in [0.15, 0.2) is 5.11 Å². The number of aromatic nitrogens is 2. The van der Waals surface area contributed by atoms with Crippen LogP contribution in [-0.4, -0.2) is 45.7 Å². The zero-order valence-electron chi connectivity index (χ0n) is 19.1. The van der Waals surface area contributed by atoms with Crippen LogP contribution in [0.25, 0.3) is 0 Å². The summed E-state index contributed by atoms with van der Waals surface area (Å²) in [5.41, 5.74) is 5.05. The third kappa shape index (κ3) is 4.91. The molecule has 0 spiro atoms. The quantitative estimate of drug-likeness (QED) is 0.496. The van der Waals surface area contributed by atoms with Crippen molar-refractivity contribution in [3.63, 3.8) is 0 Å². The number of hydrogen-bond donors (Lipinski definition) is 2. The summed E-state index contributed by atoms with van der Waals surface area (Å²) in [5, 5.41) is 6.93. The first-order chi connectivity index (χ1) is 16.0. The molecule has 7 nitrogen and oxygen atoms in total. The number of hydrogen-bond acceptors (Lipinski definition) is 4. The summed E-state index contributed by atoms with van der Waals surface area (Å²) < 4.78 is 7.55. The molecule has 0 radical (unpaired) electrons. The second-order valence-corrected chi connectivity index (χ2v) is 8.53. The Labute approximate surface area is 199 Å². The van der Waals surface area contributed by atoms with Gasteiger partial charge in [0.1, 0.15) is 6.54 Å². The molecule has 1 fully saturated rings. The molecule has 1 saturated heterocycles. The summed E-state index contributed by atoms with van der Waals surface area (Å²) in [6, 6.07) is 17.2. The van der Waals surface area contributed by atoms with E-state index in [0.717, 1.165) is 34.9 Å². The Morgan fingerprint density at radius 2 is 1.94 bits per heavy atom. The van der Waals surface area contributed by atoms with Crippen molar-refractivity contribution in [2.24, 2.45) is 0 Å². The summed E-state index contributed by atoms with van der Waals surface area (Å²) in [6.45, 7) is 5.73. The van der Waals surface area contributed by atoms with Crippen LogP contribution in [0.2, 0.25) is 0 Å². The zero-order chi connectivity index (χ0) is 23.4. The van der Waals surface area contributed by atoms with E-state index in [1.54, 1.807) is 13.3 Å². The van der Waals surface area contributed by atoms with Crippen LogP contribution < -0.4 is 10.6 Å². The number of pyridine rings is 1. The van der Waals surface area contributed by atoms with E-state index < -0.39 is 0 Å². The fourth-order valence-corrected chi connectivity index (χ4v) is 4.75. The van der Waals surface area contributed by atoms with Gasteiger partial charge < -0.3 is 24.8 Å². The van der Waals surface area contributed by atoms with E-state index in [1.165, 1.54) is 0 Å². The Bertz CT molecular complexity index is 1120. The molecule has 1 aliphatic heterocycles. The van der Waals surface area contributed by atoms with Crippen molar-refractivity contribution < 1.29 is 9.53 Å². The number of anilines is 1. The minimum atomic E-state index is -0.170. The molecule has 1 aliphatic rings. The highest BCUT2D eigenvalue weighted by Gasteiger charge is 2.42. The van der Waals surface area contributed by atoms with Crippen molar-refractivity contribution in [1.29, 1.82) is 0 Å². The second kappa shape index (κ2) is 10.1. The molecule has 2 atom stereocenters. The van der Waals surface area contributed by atoms with Crippen LogP contribution in [0.5, 0.6) is 0 Å². The molecule has 8 heteroatoms. The molecule has 0 saturated carbocycles. The highest BCUT2D eigenvalue weighted by Crippen LogP contribution is 2.40. The topological polar surface area (TPSA) is 71.4 Å². The summed E-state index contributed by atoms with van der Waals surface area (Å²) in [4.78, 5) is 19.5. The fraction of sp³-hybridized carbons (Fsp3) is 0.320. The molecular formula is C25H29N5O2S. The van der Waals surface area contributed by atoms with Crippen LogP contribution >= 0.6 is 12.2 Å². The summed E-state index contributed by atoms with van der Waals surface area (Å²) in [6.07, 6.45) is 1.78. The van der Waals surface area contributed by atoms with Gasteiger partial charge in [-0.2, -0.15) is 0 Å². The molecule has 4 rings (SSSR count). The number of carbonyl (C=O) groups excluding carboxylic acids is 1. The maximum absolute atomic E-state index is 13.0. The fourth-order valence-electron chi connectivity index (χ4n) is 4.44. The van der Waals surface area contributed by atoms with Gasteiger partial charge in [-0.3, -0.25) is 9.78 Å². The number of ether oxygens (including phenoxy) is 1. The van der Waals surface area contributed by atoms with Gasteiger partial charge in [0.05, 0.1) is 24.4 Å². The van der Waals surface area contributed by atoms with E-state index in [2.05, 4.69) is 40.1 Å². The molecule has 3 heterocycles. The Balaban J connectivity index is 1.68. The minimum Gasteiger partial charge on any atom is -0.383 e. The van der Waals surface area contributed by atoms with Crippen molar-refractivity contribution >= 4 is 28.9 Å². The van der Waals surface area contributed by atoms with Gasteiger partial charge in [0, 0.05) is 36.9 Å². The Hall–Kier alpha value is -3.23. The van der Waals surface area contributed by atoms with Gasteiger partial charge in [0.2, 0.25) is 5.91 Å². The van der Waals surface area contributed by atoms with E-state index in [1.807, 2.05) is 53.4 Å². The van der Waals surface area contributed by atoms with Crippen molar-refractivity contribution in [1.82, 2.24) is 19.8 Å². The number of para-hydroxylation sites is 1. The average Bonchev–Trinajstić information content (AvgIpc) is 3.28. The van der Waals surface area contributed by atoms with E-state index >= 15 is 0 Å². The molecule has 0 aliphatic carbocycles. The van der Waals surface area contributed by atoms with Crippen LogP contribution in [0.15, 0.2) is 60.8 Å². The van der Waals surface area contributed by atoms with Crippen molar-refractivity contribution in [2.75, 3.05) is 25.6 Å². The maximum atomic E-state index is 13.0. The highest BCUT2D eigenvalue weighted by atomic mass is 32.1. The first kappa shape index (κ1) is 22.9. The molecule has 3 aromatic rings. The van der Waals surface area contributed by atoms with Gasteiger partial charge in [-0.1, -0.05) is 24.3 Å². The Kier molecular flexibility index (Phi) is 7.05. The Morgan fingerprint density at radius 1 is 1.18 bits per heavy atom. The molecule has 2 aromatic heterocycles. The van der Waals surface area contributed by atoms with Gasteiger partial charge in [0.25, 0.3) is 0 Å². The lowest BCUT2D eigenvalue weighted by atomic mass is 9.97. The van der Waals surface area contributed by atoms with Crippen LogP contribution in [0, 0.1) is 13.8 Å². The largest absolute Gasteiger partial charge is 0.383 e. The van der Waals surface area contributed by atoms with E-state index in [0.29, 0.717) is 11.7 Å². The lowest BCUT2D eigenvalue weighted by molar-refractivity contribution is -0.116. The summed E-state index contributed by atoms with van der Waals surface area (Å²) in [5.74, 6) is -0.120. The number of rotatable bonds is 8. The smallest absolute Gasteiger partial charge is 0.244 e. The first-order valence-corrected chi connectivity index (χ1v) is 11.4. The van der Waals surface area contributed by atoms with Crippen LogP contribution in [0.1, 0.15) is 34.7 Å². The monoisotopic (exact) mass is 463 g/mol. The molecule has 0 unspecified atom stereocenters. The van der Waals surface area contributed by atoms with Crippen molar-refractivity contribution in [3.05, 3.63) is 83.4 Å². The SMILES string of the molecule is COCCn1c(C)cc([C@H]2[C@@H](c3ccccn3)NC(=S)N2CC(=O)Nc2ccccc2)c1C.